The number of amides is 1. The Balaban J connectivity index is 2.07. The summed E-state index contributed by atoms with van der Waals surface area (Å²) in [6.45, 7) is -0.399. The molecule has 0 atom stereocenters. The maximum atomic E-state index is 14.4. The SMILES string of the molecule is NC(=O)c1cccc2c1c1ccc(Cl)cc1n2Cc1c(F)cccc1C(F)(F)F. The first kappa shape index (κ1) is 19.3. The Kier molecular flexibility index (Phi) is 4.50. The van der Waals surface area contributed by atoms with Crippen molar-refractivity contribution >= 4 is 39.3 Å². The van der Waals surface area contributed by atoms with Gasteiger partial charge in [-0.25, -0.2) is 4.39 Å². The molecule has 3 nitrogen and oxygen atoms in total. The van der Waals surface area contributed by atoms with Crippen molar-refractivity contribution in [2.75, 3.05) is 0 Å². The summed E-state index contributed by atoms with van der Waals surface area (Å²) in [4.78, 5) is 11.9. The lowest BCUT2D eigenvalue weighted by atomic mass is 10.1. The van der Waals surface area contributed by atoms with Crippen LogP contribution in [0.2, 0.25) is 5.02 Å². The van der Waals surface area contributed by atoms with Gasteiger partial charge in [0.2, 0.25) is 5.91 Å². The van der Waals surface area contributed by atoms with Gasteiger partial charge in [0.25, 0.3) is 0 Å². The first-order valence-corrected chi connectivity index (χ1v) is 8.91. The van der Waals surface area contributed by atoms with Gasteiger partial charge in [-0.05, 0) is 36.4 Å². The van der Waals surface area contributed by atoms with E-state index in [9.17, 15) is 22.4 Å². The normalized spacial score (nSPS) is 12.0. The Morgan fingerprint density at radius 1 is 1.03 bits per heavy atom. The smallest absolute Gasteiger partial charge is 0.366 e. The molecule has 0 aliphatic rings. The highest BCUT2D eigenvalue weighted by atomic mass is 35.5. The molecular weight excluding hydrogens is 408 g/mol. The highest BCUT2D eigenvalue weighted by Crippen LogP contribution is 2.37. The maximum Gasteiger partial charge on any atom is 0.416 e. The van der Waals surface area contributed by atoms with Crippen LogP contribution in [0.5, 0.6) is 0 Å². The fourth-order valence-corrected chi connectivity index (χ4v) is 3.80. The van der Waals surface area contributed by atoms with Crippen molar-refractivity contribution in [1.29, 1.82) is 0 Å². The molecule has 4 rings (SSSR count). The molecule has 1 heterocycles. The van der Waals surface area contributed by atoms with Crippen molar-refractivity contribution in [3.8, 4) is 0 Å². The van der Waals surface area contributed by atoms with Gasteiger partial charge in [0.15, 0.2) is 0 Å². The molecule has 0 saturated heterocycles. The number of nitrogens with two attached hydrogens (primary N) is 1. The van der Waals surface area contributed by atoms with Crippen molar-refractivity contribution in [3.63, 3.8) is 0 Å². The summed E-state index contributed by atoms with van der Waals surface area (Å²) in [7, 11) is 0. The number of fused-ring (bicyclic) bond motifs is 3. The van der Waals surface area contributed by atoms with Crippen molar-refractivity contribution in [2.24, 2.45) is 5.73 Å². The standard InChI is InChI=1S/C21H13ClF4N2O/c22-11-7-8-12-18(9-11)28(17-6-1-3-13(19(12)17)20(27)29)10-14-15(21(24,25)26)4-2-5-16(14)23/h1-9H,10H2,(H2,27,29). The second kappa shape index (κ2) is 6.77. The van der Waals surface area contributed by atoms with Gasteiger partial charge in [-0.2, -0.15) is 13.2 Å². The number of halogens is 5. The quantitative estimate of drug-likeness (QED) is 0.421. The molecule has 29 heavy (non-hydrogen) atoms. The molecule has 0 radical (unpaired) electrons. The van der Waals surface area contributed by atoms with Crippen LogP contribution in [0.15, 0.2) is 54.6 Å². The number of benzene rings is 3. The lowest BCUT2D eigenvalue weighted by Crippen LogP contribution is -2.14. The molecule has 2 N–H and O–H groups in total. The van der Waals surface area contributed by atoms with E-state index in [2.05, 4.69) is 0 Å². The summed E-state index contributed by atoms with van der Waals surface area (Å²) >= 11 is 6.10. The first-order chi connectivity index (χ1) is 13.7. The van der Waals surface area contributed by atoms with E-state index in [-0.39, 0.29) is 5.56 Å². The van der Waals surface area contributed by atoms with E-state index in [0.717, 1.165) is 18.2 Å². The lowest BCUT2D eigenvalue weighted by molar-refractivity contribution is -0.138. The van der Waals surface area contributed by atoms with Crippen LogP contribution in [0.25, 0.3) is 21.8 Å². The number of aromatic nitrogens is 1. The average molecular weight is 421 g/mol. The monoisotopic (exact) mass is 420 g/mol. The van der Waals surface area contributed by atoms with E-state index in [0.29, 0.717) is 26.8 Å². The van der Waals surface area contributed by atoms with Crippen molar-refractivity contribution < 1.29 is 22.4 Å². The van der Waals surface area contributed by atoms with Gasteiger partial charge in [0.05, 0.1) is 23.1 Å². The highest BCUT2D eigenvalue weighted by molar-refractivity contribution is 6.32. The van der Waals surface area contributed by atoms with E-state index in [1.54, 1.807) is 30.3 Å². The number of hydrogen-bond acceptors (Lipinski definition) is 1. The van der Waals surface area contributed by atoms with Crippen LogP contribution < -0.4 is 5.73 Å². The molecule has 148 valence electrons. The molecule has 4 aromatic rings. The van der Waals surface area contributed by atoms with Crippen LogP contribution in [0, 0.1) is 5.82 Å². The second-order valence-corrected chi connectivity index (χ2v) is 7.01. The molecule has 0 bridgehead atoms. The Morgan fingerprint density at radius 3 is 2.45 bits per heavy atom. The second-order valence-electron chi connectivity index (χ2n) is 6.58. The summed E-state index contributed by atoms with van der Waals surface area (Å²) in [5, 5.41) is 1.42. The molecule has 0 saturated carbocycles. The number of carbonyl (C=O) groups excluding carboxylic acids is 1. The number of alkyl halides is 3. The fraction of sp³-hybridized carbons (Fsp3) is 0.0952. The Morgan fingerprint density at radius 2 is 1.76 bits per heavy atom. The summed E-state index contributed by atoms with van der Waals surface area (Å²) in [5.74, 6) is -1.64. The molecule has 1 aromatic heterocycles. The lowest BCUT2D eigenvalue weighted by Gasteiger charge is -2.15. The minimum Gasteiger partial charge on any atom is -0.366 e. The molecule has 1 amide bonds. The zero-order valence-corrected chi connectivity index (χ0v) is 15.5. The van der Waals surface area contributed by atoms with Crippen LogP contribution in [-0.2, 0) is 12.7 Å². The molecular formula is C21H13ClF4N2O. The molecule has 0 unspecified atom stereocenters. The van der Waals surface area contributed by atoms with Gasteiger partial charge < -0.3 is 10.3 Å². The zero-order chi connectivity index (χ0) is 20.9. The number of rotatable bonds is 3. The van der Waals surface area contributed by atoms with Crippen LogP contribution in [0.4, 0.5) is 17.6 Å². The summed E-state index contributed by atoms with van der Waals surface area (Å²) < 4.78 is 56.3. The zero-order valence-electron chi connectivity index (χ0n) is 14.7. The fourth-order valence-electron chi connectivity index (χ4n) is 3.64. The van der Waals surface area contributed by atoms with Crippen molar-refractivity contribution in [1.82, 2.24) is 4.57 Å². The van der Waals surface area contributed by atoms with Crippen molar-refractivity contribution in [3.05, 3.63) is 82.1 Å². The molecule has 0 fully saturated rings. The van der Waals surface area contributed by atoms with Gasteiger partial charge in [-0.15, -0.1) is 0 Å². The summed E-state index contributed by atoms with van der Waals surface area (Å²) in [6.07, 6.45) is -4.72. The molecule has 0 spiro atoms. The molecule has 3 aromatic carbocycles. The third kappa shape index (κ3) is 3.21. The Labute approximate surface area is 167 Å². The first-order valence-electron chi connectivity index (χ1n) is 8.53. The Hall–Kier alpha value is -3.06. The van der Waals surface area contributed by atoms with Crippen LogP contribution in [0.1, 0.15) is 21.5 Å². The van der Waals surface area contributed by atoms with E-state index in [1.165, 1.54) is 10.6 Å². The summed E-state index contributed by atoms with van der Waals surface area (Å²) in [6, 6.07) is 12.4. The van der Waals surface area contributed by atoms with Gasteiger partial charge in [-0.3, -0.25) is 4.79 Å². The topological polar surface area (TPSA) is 48.0 Å². The minimum atomic E-state index is -4.72. The summed E-state index contributed by atoms with van der Waals surface area (Å²) in [5.41, 5.74) is 5.08. The van der Waals surface area contributed by atoms with Crippen LogP contribution in [0.3, 0.4) is 0 Å². The largest absolute Gasteiger partial charge is 0.416 e. The molecule has 8 heteroatoms. The number of primary amides is 1. The molecule has 0 aliphatic carbocycles. The van der Waals surface area contributed by atoms with E-state index in [4.69, 9.17) is 17.3 Å². The predicted molar refractivity (Wildman–Crippen MR) is 103 cm³/mol. The van der Waals surface area contributed by atoms with Crippen LogP contribution >= 0.6 is 11.6 Å². The van der Waals surface area contributed by atoms with Gasteiger partial charge in [0, 0.05) is 26.9 Å². The van der Waals surface area contributed by atoms with Gasteiger partial charge in [-0.1, -0.05) is 29.8 Å². The number of carbonyl (C=O) groups is 1. The van der Waals surface area contributed by atoms with Gasteiger partial charge in [0.1, 0.15) is 5.82 Å². The predicted octanol–water partition coefficient (Wildman–Crippen LogP) is 5.75. The van der Waals surface area contributed by atoms with E-state index >= 15 is 0 Å². The Bertz CT molecular complexity index is 1280. The third-order valence-electron chi connectivity index (χ3n) is 4.86. The average Bonchev–Trinajstić information content (AvgIpc) is 2.95. The van der Waals surface area contributed by atoms with E-state index < -0.39 is 35.6 Å². The van der Waals surface area contributed by atoms with E-state index in [1.807, 2.05) is 0 Å². The van der Waals surface area contributed by atoms with Gasteiger partial charge >= 0.3 is 6.18 Å². The highest BCUT2D eigenvalue weighted by Gasteiger charge is 2.34. The van der Waals surface area contributed by atoms with Crippen molar-refractivity contribution in [2.45, 2.75) is 12.7 Å². The third-order valence-corrected chi connectivity index (χ3v) is 5.09. The minimum absolute atomic E-state index is 0.221. The molecule has 0 aliphatic heterocycles. The number of nitrogens with zero attached hydrogens (tertiary/aromatic N) is 1. The number of hydrogen-bond donors (Lipinski definition) is 1. The maximum absolute atomic E-state index is 14.4. The van der Waals surface area contributed by atoms with Crippen LogP contribution in [-0.4, -0.2) is 10.5 Å².